The average molecular weight is 290 g/mol. The minimum atomic E-state index is -0.260. The van der Waals surface area contributed by atoms with E-state index in [1.807, 2.05) is 18.2 Å². The smallest absolute Gasteiger partial charge is 0.293 e. The highest BCUT2D eigenvalue weighted by Gasteiger charge is 2.19. The first-order chi connectivity index (χ1) is 10.1. The number of nitrogens with zero attached hydrogens (tertiary/aromatic N) is 3. The molecule has 1 amide bonds. The van der Waals surface area contributed by atoms with Crippen LogP contribution in [-0.2, 0) is 6.54 Å². The van der Waals surface area contributed by atoms with Gasteiger partial charge in [0.2, 0.25) is 5.82 Å². The third-order valence-electron chi connectivity index (χ3n) is 3.03. The molecule has 0 spiro atoms. The quantitative estimate of drug-likeness (QED) is 0.900. The van der Waals surface area contributed by atoms with Crippen molar-refractivity contribution in [3.8, 4) is 11.5 Å². The van der Waals surface area contributed by atoms with Gasteiger partial charge in [0.05, 0.1) is 14.2 Å². The van der Waals surface area contributed by atoms with Crippen LogP contribution in [0.2, 0.25) is 0 Å². The van der Waals surface area contributed by atoms with E-state index in [0.29, 0.717) is 23.9 Å². The van der Waals surface area contributed by atoms with E-state index in [-0.39, 0.29) is 11.7 Å². The number of aryl methyl sites for hydroxylation is 1. The van der Waals surface area contributed by atoms with Crippen LogP contribution >= 0.6 is 0 Å². The summed E-state index contributed by atoms with van der Waals surface area (Å²) in [5, 5.41) is 6.53. The van der Waals surface area contributed by atoms with E-state index >= 15 is 0 Å². The average Bonchev–Trinajstić information content (AvgIpc) is 2.92. The molecular weight excluding hydrogens is 272 g/mol. The molecule has 2 aromatic rings. The minimum Gasteiger partial charge on any atom is -0.493 e. The Kier molecular flexibility index (Phi) is 4.42. The van der Waals surface area contributed by atoms with Crippen LogP contribution in [0.1, 0.15) is 22.0 Å². The number of ether oxygens (including phenoxy) is 2. The molecule has 7 nitrogen and oxygen atoms in total. The Hall–Kier alpha value is -2.57. The van der Waals surface area contributed by atoms with Gasteiger partial charge in [0.1, 0.15) is 5.82 Å². The summed E-state index contributed by atoms with van der Waals surface area (Å²) in [5.41, 5.74) is 0.847. The number of nitrogens with one attached hydrogen (secondary N) is 1. The molecule has 0 radical (unpaired) electrons. The van der Waals surface area contributed by atoms with Crippen molar-refractivity contribution in [3.63, 3.8) is 0 Å². The maximum absolute atomic E-state index is 12.2. The van der Waals surface area contributed by atoms with Gasteiger partial charge in [0.15, 0.2) is 11.5 Å². The molecule has 7 heteroatoms. The monoisotopic (exact) mass is 290 g/mol. The first-order valence-electron chi connectivity index (χ1n) is 6.41. The van der Waals surface area contributed by atoms with Gasteiger partial charge >= 0.3 is 0 Å². The topological polar surface area (TPSA) is 80.3 Å². The zero-order valence-corrected chi connectivity index (χ0v) is 12.5. The van der Waals surface area contributed by atoms with Crippen molar-refractivity contribution in [2.45, 2.75) is 13.5 Å². The standard InChI is InChI=1S/C14H18N4O3/c1-9-15-13(17-16-9)14(19)18(2)8-10-6-5-7-11(20-3)12(10)21-4/h5-7H,8H2,1-4H3,(H,15,16,17). The fraction of sp³-hybridized carbons (Fsp3) is 0.357. The number of hydrogen-bond acceptors (Lipinski definition) is 5. The van der Waals surface area contributed by atoms with Crippen LogP contribution in [0.5, 0.6) is 11.5 Å². The number of hydrogen-bond donors (Lipinski definition) is 1. The van der Waals surface area contributed by atoms with Gasteiger partial charge in [-0.2, -0.15) is 0 Å². The molecule has 0 unspecified atom stereocenters. The lowest BCUT2D eigenvalue weighted by molar-refractivity contribution is 0.0772. The fourth-order valence-electron chi connectivity index (χ4n) is 2.01. The molecule has 0 saturated carbocycles. The lowest BCUT2D eigenvalue weighted by atomic mass is 10.1. The molecular formula is C14H18N4O3. The molecule has 112 valence electrons. The number of benzene rings is 1. The number of para-hydroxylation sites is 1. The zero-order valence-electron chi connectivity index (χ0n) is 12.5. The van der Waals surface area contributed by atoms with Crippen LogP contribution in [0.4, 0.5) is 0 Å². The molecule has 0 aliphatic rings. The van der Waals surface area contributed by atoms with Crippen molar-refractivity contribution in [3.05, 3.63) is 35.4 Å². The summed E-state index contributed by atoms with van der Waals surface area (Å²) < 4.78 is 10.6. The third kappa shape index (κ3) is 3.13. The summed E-state index contributed by atoms with van der Waals surface area (Å²) in [6, 6.07) is 5.54. The van der Waals surface area contributed by atoms with Gasteiger partial charge in [0.25, 0.3) is 5.91 Å². The predicted molar refractivity (Wildman–Crippen MR) is 76.5 cm³/mol. The molecule has 0 fully saturated rings. The first kappa shape index (κ1) is 14.8. The zero-order chi connectivity index (χ0) is 15.4. The number of aromatic amines is 1. The number of rotatable bonds is 5. The van der Waals surface area contributed by atoms with E-state index in [1.54, 1.807) is 28.2 Å². The predicted octanol–water partition coefficient (Wildman–Crippen LogP) is 1.40. The molecule has 0 aliphatic heterocycles. The maximum Gasteiger partial charge on any atom is 0.293 e. The summed E-state index contributed by atoms with van der Waals surface area (Å²) >= 11 is 0. The molecule has 21 heavy (non-hydrogen) atoms. The molecule has 1 heterocycles. The van der Waals surface area contributed by atoms with Gasteiger partial charge in [-0.1, -0.05) is 12.1 Å². The van der Waals surface area contributed by atoms with Gasteiger partial charge in [-0.3, -0.25) is 9.89 Å². The Morgan fingerprint density at radius 2 is 2.10 bits per heavy atom. The van der Waals surface area contributed by atoms with Crippen molar-refractivity contribution >= 4 is 5.91 Å². The summed E-state index contributed by atoms with van der Waals surface area (Å²) in [4.78, 5) is 17.8. The Morgan fingerprint density at radius 1 is 1.33 bits per heavy atom. The third-order valence-corrected chi connectivity index (χ3v) is 3.03. The van der Waals surface area contributed by atoms with Crippen molar-refractivity contribution < 1.29 is 14.3 Å². The number of aromatic nitrogens is 3. The summed E-state index contributed by atoms with van der Waals surface area (Å²) in [5.74, 6) is 1.74. The van der Waals surface area contributed by atoms with E-state index in [0.717, 1.165) is 5.56 Å². The normalized spacial score (nSPS) is 10.3. The number of methoxy groups -OCH3 is 2. The van der Waals surface area contributed by atoms with Gasteiger partial charge < -0.3 is 14.4 Å². The first-order valence-corrected chi connectivity index (χ1v) is 6.41. The number of carbonyl (C=O) groups excluding carboxylic acids is 1. The molecule has 2 rings (SSSR count). The van der Waals surface area contributed by atoms with Crippen LogP contribution in [0.3, 0.4) is 0 Å². The lowest BCUT2D eigenvalue weighted by Crippen LogP contribution is -2.27. The maximum atomic E-state index is 12.2. The van der Waals surface area contributed by atoms with Gasteiger partial charge in [-0.05, 0) is 13.0 Å². The van der Waals surface area contributed by atoms with E-state index in [1.165, 1.54) is 4.90 Å². The Balaban J connectivity index is 2.19. The molecule has 0 bridgehead atoms. The highest BCUT2D eigenvalue weighted by Crippen LogP contribution is 2.31. The Morgan fingerprint density at radius 3 is 2.67 bits per heavy atom. The number of amides is 1. The van der Waals surface area contributed by atoms with Crippen LogP contribution in [0.15, 0.2) is 18.2 Å². The van der Waals surface area contributed by atoms with Crippen LogP contribution in [0, 0.1) is 6.92 Å². The number of carbonyl (C=O) groups is 1. The van der Waals surface area contributed by atoms with Gasteiger partial charge in [-0.25, -0.2) is 4.98 Å². The minimum absolute atomic E-state index is 0.150. The van der Waals surface area contributed by atoms with Crippen LogP contribution < -0.4 is 9.47 Å². The summed E-state index contributed by atoms with van der Waals surface area (Å²) in [6.07, 6.45) is 0. The largest absolute Gasteiger partial charge is 0.493 e. The van der Waals surface area contributed by atoms with E-state index in [4.69, 9.17) is 9.47 Å². The highest BCUT2D eigenvalue weighted by molar-refractivity contribution is 5.90. The second-order valence-corrected chi connectivity index (χ2v) is 4.56. The second kappa shape index (κ2) is 6.25. The molecule has 1 aromatic carbocycles. The van der Waals surface area contributed by atoms with Gasteiger partial charge in [-0.15, -0.1) is 5.10 Å². The summed E-state index contributed by atoms with van der Waals surface area (Å²) in [7, 11) is 4.83. The van der Waals surface area contributed by atoms with Gasteiger partial charge in [0, 0.05) is 19.2 Å². The van der Waals surface area contributed by atoms with Crippen molar-refractivity contribution in [2.24, 2.45) is 0 Å². The Labute approximate surface area is 122 Å². The van der Waals surface area contributed by atoms with Crippen molar-refractivity contribution in [1.29, 1.82) is 0 Å². The molecule has 0 atom stereocenters. The Bertz CT molecular complexity index is 639. The molecule has 1 N–H and O–H groups in total. The van der Waals surface area contributed by atoms with E-state index in [2.05, 4.69) is 15.2 Å². The summed E-state index contributed by atoms with van der Waals surface area (Å²) in [6.45, 7) is 2.11. The second-order valence-electron chi connectivity index (χ2n) is 4.56. The number of H-pyrrole nitrogens is 1. The van der Waals surface area contributed by atoms with Crippen LogP contribution in [-0.4, -0.2) is 47.3 Å². The lowest BCUT2D eigenvalue weighted by Gasteiger charge is -2.18. The highest BCUT2D eigenvalue weighted by atomic mass is 16.5. The van der Waals surface area contributed by atoms with E-state index < -0.39 is 0 Å². The van der Waals surface area contributed by atoms with Crippen LogP contribution in [0.25, 0.3) is 0 Å². The SMILES string of the molecule is COc1cccc(CN(C)C(=O)c2n[nH]c(C)n2)c1OC. The van der Waals surface area contributed by atoms with Crippen molar-refractivity contribution in [2.75, 3.05) is 21.3 Å². The molecule has 0 saturated heterocycles. The van der Waals surface area contributed by atoms with Crippen molar-refractivity contribution in [1.82, 2.24) is 20.1 Å². The van der Waals surface area contributed by atoms with E-state index in [9.17, 15) is 4.79 Å². The molecule has 0 aliphatic carbocycles. The fourth-order valence-corrected chi connectivity index (χ4v) is 2.01. The molecule has 1 aromatic heterocycles.